The van der Waals surface area contributed by atoms with E-state index in [1.54, 1.807) is 0 Å². The maximum absolute atomic E-state index is 4.17. The minimum atomic E-state index is 1.03. The second-order valence-electron chi connectivity index (χ2n) is 10.3. The van der Waals surface area contributed by atoms with Crippen molar-refractivity contribution in [2.24, 2.45) is 0 Å². The van der Waals surface area contributed by atoms with Gasteiger partial charge >= 0.3 is 0 Å². The van der Waals surface area contributed by atoms with Crippen molar-refractivity contribution in [1.82, 2.24) is 0 Å². The third-order valence-corrected chi connectivity index (χ3v) is 6.81. The van der Waals surface area contributed by atoms with Gasteiger partial charge in [-0.1, -0.05) is 152 Å². The Morgan fingerprint density at radius 2 is 1.42 bits per heavy atom. The lowest BCUT2D eigenvalue weighted by molar-refractivity contribution is 0.624. The fraction of sp³-hybridized carbons (Fsp3) is 0.526. The Labute approximate surface area is 239 Å². The van der Waals surface area contributed by atoms with E-state index in [0.717, 1.165) is 25.7 Å². The minimum Gasteiger partial charge on any atom is -0.106 e. The highest BCUT2D eigenvalue weighted by molar-refractivity contribution is 5.85. The van der Waals surface area contributed by atoms with Gasteiger partial charge in [-0.25, -0.2) is 0 Å². The summed E-state index contributed by atoms with van der Waals surface area (Å²) in [6.07, 6.45) is 21.8. The van der Waals surface area contributed by atoms with E-state index in [1.165, 1.54) is 95.9 Å². The topological polar surface area (TPSA) is 0 Å². The first-order valence-electron chi connectivity index (χ1n) is 15.3. The normalized spacial score (nSPS) is 12.3. The molecule has 0 heteroatoms. The molecule has 0 spiro atoms. The SMILES string of the molecule is C=C.C=C/C(=C\C=C(/C)CC)CCc1ccc2c(c1)C(C(=C)C)=C(C)C2.CCCC.CCCCCCCC. The van der Waals surface area contributed by atoms with Crippen LogP contribution in [0.1, 0.15) is 136 Å². The van der Waals surface area contributed by atoms with Crippen LogP contribution >= 0.6 is 0 Å². The van der Waals surface area contributed by atoms with Crippen molar-refractivity contribution in [2.75, 3.05) is 0 Å². The summed E-state index contributed by atoms with van der Waals surface area (Å²) in [6, 6.07) is 6.94. The van der Waals surface area contributed by atoms with Crippen LogP contribution in [-0.2, 0) is 12.8 Å². The highest BCUT2D eigenvalue weighted by Gasteiger charge is 2.19. The number of hydrogen-bond donors (Lipinski definition) is 0. The van der Waals surface area contributed by atoms with Crippen molar-refractivity contribution in [3.63, 3.8) is 0 Å². The fourth-order valence-electron chi connectivity index (χ4n) is 4.13. The summed E-state index contributed by atoms with van der Waals surface area (Å²) in [5, 5.41) is 0. The molecular formula is C38H62. The molecule has 0 amide bonds. The Kier molecular flexibility index (Phi) is 24.8. The van der Waals surface area contributed by atoms with Crippen molar-refractivity contribution in [1.29, 1.82) is 0 Å². The zero-order valence-electron chi connectivity index (χ0n) is 26.8. The molecule has 0 unspecified atom stereocenters. The molecule has 0 radical (unpaired) electrons. The molecule has 2 rings (SSSR count). The van der Waals surface area contributed by atoms with E-state index in [0.29, 0.717) is 0 Å². The average molecular weight is 519 g/mol. The molecular weight excluding hydrogens is 456 g/mol. The maximum Gasteiger partial charge on any atom is -0.00544 e. The van der Waals surface area contributed by atoms with Crippen LogP contribution in [0, 0.1) is 0 Å². The monoisotopic (exact) mass is 518 g/mol. The quantitative estimate of drug-likeness (QED) is 0.138. The van der Waals surface area contributed by atoms with Gasteiger partial charge in [-0.3, -0.25) is 0 Å². The first-order valence-corrected chi connectivity index (χ1v) is 15.3. The Morgan fingerprint density at radius 3 is 1.87 bits per heavy atom. The van der Waals surface area contributed by atoms with Crippen molar-refractivity contribution in [3.05, 3.63) is 102 Å². The van der Waals surface area contributed by atoms with Gasteiger partial charge in [0, 0.05) is 0 Å². The van der Waals surface area contributed by atoms with E-state index in [4.69, 9.17) is 0 Å². The lowest BCUT2D eigenvalue weighted by Gasteiger charge is -2.09. The third kappa shape index (κ3) is 16.5. The molecule has 1 aromatic rings. The number of hydrogen-bond acceptors (Lipinski definition) is 0. The standard InChI is InChI=1S/C24H30.C8H18.C4H10.C2H4/c1-7-18(5)9-10-20(8-2)11-12-21-13-14-22-15-19(6)24(17(3)4)23(22)16-21;1-3-5-7-8-6-4-2;1-3-4-2;1-2/h8-10,13-14,16H,2-3,7,11-12,15H2,1,4-6H3;3-8H2,1-2H3;3-4H2,1-2H3;1-2H2/b18-9+,20-10+;;;. The molecule has 1 aromatic carbocycles. The Morgan fingerprint density at radius 1 is 0.842 bits per heavy atom. The lowest BCUT2D eigenvalue weighted by Crippen LogP contribution is -1.92. The number of allylic oxidation sites excluding steroid dienone is 8. The summed E-state index contributed by atoms with van der Waals surface area (Å²) < 4.78 is 0. The second kappa shape index (κ2) is 25.0. The van der Waals surface area contributed by atoms with Crippen LogP contribution in [0.25, 0.3) is 5.57 Å². The zero-order chi connectivity index (χ0) is 29.3. The molecule has 0 bridgehead atoms. The first-order chi connectivity index (χ1) is 18.3. The number of rotatable bonds is 13. The molecule has 1 aliphatic carbocycles. The number of aryl methyl sites for hydroxylation is 1. The Bertz CT molecular complexity index is 863. The molecule has 0 N–H and O–H groups in total. The average Bonchev–Trinajstić information content (AvgIpc) is 3.27. The second-order valence-corrected chi connectivity index (χ2v) is 10.3. The summed E-state index contributed by atoms with van der Waals surface area (Å²) in [5.74, 6) is 0. The largest absolute Gasteiger partial charge is 0.106 e. The van der Waals surface area contributed by atoms with Gasteiger partial charge in [-0.05, 0) is 74.3 Å². The first kappa shape index (κ1) is 37.8. The van der Waals surface area contributed by atoms with Gasteiger partial charge in [0.25, 0.3) is 0 Å². The van der Waals surface area contributed by atoms with Crippen LogP contribution in [-0.4, -0.2) is 0 Å². The van der Waals surface area contributed by atoms with E-state index >= 15 is 0 Å². The molecule has 0 aliphatic heterocycles. The predicted octanol–water partition coefficient (Wildman–Crippen LogP) is 13.0. The van der Waals surface area contributed by atoms with Crippen LogP contribution in [0.15, 0.2) is 85.0 Å². The van der Waals surface area contributed by atoms with Crippen LogP contribution in [0.2, 0.25) is 0 Å². The fourth-order valence-corrected chi connectivity index (χ4v) is 4.13. The van der Waals surface area contributed by atoms with Gasteiger partial charge in [0.2, 0.25) is 0 Å². The highest BCUT2D eigenvalue weighted by Crippen LogP contribution is 2.37. The molecule has 1 aliphatic rings. The Balaban J connectivity index is 0. The third-order valence-electron chi connectivity index (χ3n) is 6.81. The molecule has 0 saturated carbocycles. The smallest absolute Gasteiger partial charge is 0.00544 e. The molecule has 0 saturated heterocycles. The van der Waals surface area contributed by atoms with E-state index < -0.39 is 0 Å². The van der Waals surface area contributed by atoms with Crippen molar-refractivity contribution < 1.29 is 0 Å². The molecule has 0 aromatic heterocycles. The van der Waals surface area contributed by atoms with Gasteiger partial charge in [-0.15, -0.1) is 13.2 Å². The number of benzene rings is 1. The summed E-state index contributed by atoms with van der Waals surface area (Å²) in [4.78, 5) is 0. The van der Waals surface area contributed by atoms with E-state index in [9.17, 15) is 0 Å². The minimum absolute atomic E-state index is 1.03. The maximum atomic E-state index is 4.17. The van der Waals surface area contributed by atoms with Gasteiger partial charge in [-0.2, -0.15) is 0 Å². The van der Waals surface area contributed by atoms with Crippen LogP contribution in [0.3, 0.4) is 0 Å². The number of fused-ring (bicyclic) bond motifs is 1. The molecule has 38 heavy (non-hydrogen) atoms. The van der Waals surface area contributed by atoms with Crippen LogP contribution < -0.4 is 0 Å². The van der Waals surface area contributed by atoms with Crippen molar-refractivity contribution in [3.8, 4) is 0 Å². The van der Waals surface area contributed by atoms with Crippen molar-refractivity contribution >= 4 is 5.57 Å². The van der Waals surface area contributed by atoms with Gasteiger partial charge < -0.3 is 0 Å². The number of unbranched alkanes of at least 4 members (excludes halogenated alkanes) is 6. The van der Waals surface area contributed by atoms with E-state index in [2.05, 4.69) is 112 Å². The Hall–Kier alpha value is -2.34. The van der Waals surface area contributed by atoms with E-state index in [1.807, 2.05) is 6.08 Å². The summed E-state index contributed by atoms with van der Waals surface area (Å²) >= 11 is 0. The van der Waals surface area contributed by atoms with Crippen LogP contribution in [0.5, 0.6) is 0 Å². The van der Waals surface area contributed by atoms with Crippen molar-refractivity contribution in [2.45, 2.75) is 132 Å². The molecule has 0 atom stereocenters. The molecule has 214 valence electrons. The summed E-state index contributed by atoms with van der Waals surface area (Å²) in [6.45, 7) is 31.7. The lowest BCUT2D eigenvalue weighted by atomic mass is 9.95. The van der Waals surface area contributed by atoms with Gasteiger partial charge in [0.1, 0.15) is 0 Å². The predicted molar refractivity (Wildman–Crippen MR) is 179 cm³/mol. The molecule has 0 nitrogen and oxygen atoms in total. The van der Waals surface area contributed by atoms with E-state index in [-0.39, 0.29) is 0 Å². The molecule has 0 heterocycles. The van der Waals surface area contributed by atoms with Gasteiger partial charge in [0.15, 0.2) is 0 Å². The summed E-state index contributed by atoms with van der Waals surface area (Å²) in [5.41, 5.74) is 10.9. The molecule has 0 fully saturated rings. The van der Waals surface area contributed by atoms with Gasteiger partial charge in [0.05, 0.1) is 0 Å². The highest BCUT2D eigenvalue weighted by atomic mass is 14.2. The summed E-state index contributed by atoms with van der Waals surface area (Å²) in [7, 11) is 0. The van der Waals surface area contributed by atoms with Crippen LogP contribution in [0.4, 0.5) is 0 Å². The zero-order valence-corrected chi connectivity index (χ0v) is 26.8.